The second-order valence-corrected chi connectivity index (χ2v) is 7.42. The number of unbranched alkanes of at least 4 members (excludes halogenated alkanes) is 1. The van der Waals surface area contributed by atoms with Gasteiger partial charge in [0, 0.05) is 19.8 Å². The van der Waals surface area contributed by atoms with Crippen molar-refractivity contribution in [2.45, 2.75) is 36.1 Å². The van der Waals surface area contributed by atoms with E-state index < -0.39 is 5.54 Å². The summed E-state index contributed by atoms with van der Waals surface area (Å²) in [5.74, 6) is 0.764. The largest absolute Gasteiger partial charge is 0.468 e. The van der Waals surface area contributed by atoms with E-state index in [0.29, 0.717) is 0 Å². The molecule has 0 aromatic carbocycles. The third kappa shape index (κ3) is 5.44. The molecule has 1 heterocycles. The van der Waals surface area contributed by atoms with Crippen LogP contribution in [0, 0.1) is 0 Å². The minimum absolute atomic E-state index is 0.211. The smallest absolute Gasteiger partial charge is 0.325 e. The lowest BCUT2D eigenvalue weighted by Gasteiger charge is -2.25. The quantitative estimate of drug-likeness (QED) is 0.421. The van der Waals surface area contributed by atoms with Gasteiger partial charge in [-0.25, -0.2) is 0 Å². The Labute approximate surface area is 134 Å². The second-order valence-electron chi connectivity index (χ2n) is 5.12. The summed E-state index contributed by atoms with van der Waals surface area (Å²) in [5.41, 5.74) is -0.597. The van der Waals surface area contributed by atoms with Crippen LogP contribution in [0.2, 0.25) is 0 Å². The van der Waals surface area contributed by atoms with E-state index in [4.69, 9.17) is 4.74 Å². The Balaban J connectivity index is 2.29. The van der Waals surface area contributed by atoms with Gasteiger partial charge in [0.15, 0.2) is 4.34 Å². The van der Waals surface area contributed by atoms with Crippen LogP contribution < -0.4 is 10.2 Å². The SMILES string of the molecule is CNC(C)(CCCCSc1nnc(N(C)C)s1)C(=O)OC. The molecule has 0 saturated heterocycles. The van der Waals surface area contributed by atoms with Crippen LogP contribution in [-0.4, -0.2) is 55.7 Å². The highest BCUT2D eigenvalue weighted by atomic mass is 32.2. The standard InChI is InChI=1S/C13H24N4O2S2/c1-13(14-2,10(18)19-5)8-6-7-9-20-12-16-15-11(21-12)17(3)4/h14H,6-9H2,1-5H3. The zero-order valence-electron chi connectivity index (χ0n) is 13.3. The van der Waals surface area contributed by atoms with E-state index in [1.807, 2.05) is 25.9 Å². The number of hydrogen-bond donors (Lipinski definition) is 1. The number of anilines is 1. The molecule has 0 aliphatic heterocycles. The first-order chi connectivity index (χ1) is 9.92. The number of nitrogens with zero attached hydrogens (tertiary/aromatic N) is 3. The second kappa shape index (κ2) is 8.55. The average Bonchev–Trinajstić information content (AvgIpc) is 2.94. The summed E-state index contributed by atoms with van der Waals surface area (Å²) in [5, 5.41) is 12.2. The van der Waals surface area contributed by atoms with Crippen molar-refractivity contribution in [2.24, 2.45) is 0 Å². The fourth-order valence-electron chi connectivity index (χ4n) is 1.74. The molecule has 0 amide bonds. The lowest BCUT2D eigenvalue weighted by atomic mass is 9.95. The van der Waals surface area contributed by atoms with Crippen molar-refractivity contribution < 1.29 is 9.53 Å². The first-order valence-electron chi connectivity index (χ1n) is 6.84. The van der Waals surface area contributed by atoms with Crippen LogP contribution in [-0.2, 0) is 9.53 Å². The number of carbonyl (C=O) groups excluding carboxylic acids is 1. The number of ether oxygens (including phenoxy) is 1. The summed E-state index contributed by atoms with van der Waals surface area (Å²) >= 11 is 3.31. The molecule has 6 nitrogen and oxygen atoms in total. The normalized spacial score (nSPS) is 13.8. The predicted octanol–water partition coefficient (Wildman–Crippen LogP) is 2.02. The number of rotatable bonds is 9. The van der Waals surface area contributed by atoms with Crippen molar-refractivity contribution in [1.29, 1.82) is 0 Å². The van der Waals surface area contributed by atoms with Crippen LogP contribution in [0.4, 0.5) is 5.13 Å². The number of methoxy groups -OCH3 is 1. The number of carbonyl (C=O) groups is 1. The molecule has 0 fully saturated rings. The lowest BCUT2D eigenvalue weighted by Crippen LogP contribution is -2.48. The summed E-state index contributed by atoms with van der Waals surface area (Å²) in [6, 6.07) is 0. The van der Waals surface area contributed by atoms with Gasteiger partial charge in [-0.2, -0.15) is 0 Å². The van der Waals surface area contributed by atoms with Gasteiger partial charge in [0.05, 0.1) is 7.11 Å². The zero-order valence-corrected chi connectivity index (χ0v) is 14.9. The molecule has 1 unspecified atom stereocenters. The van der Waals surface area contributed by atoms with E-state index in [0.717, 1.165) is 34.5 Å². The number of nitrogens with one attached hydrogen (secondary N) is 1. The Kier molecular flexibility index (Phi) is 7.41. The predicted molar refractivity (Wildman–Crippen MR) is 88.3 cm³/mol. The fourth-order valence-corrected chi connectivity index (χ4v) is 3.57. The van der Waals surface area contributed by atoms with Gasteiger partial charge in [0.2, 0.25) is 5.13 Å². The van der Waals surface area contributed by atoms with Crippen LogP contribution in [0.1, 0.15) is 26.2 Å². The first kappa shape index (κ1) is 18.2. The van der Waals surface area contributed by atoms with Crippen LogP contribution in [0.15, 0.2) is 4.34 Å². The van der Waals surface area contributed by atoms with E-state index in [1.165, 1.54) is 7.11 Å². The Hall–Kier alpha value is -0.860. The summed E-state index contributed by atoms with van der Waals surface area (Å²) in [4.78, 5) is 13.7. The topological polar surface area (TPSA) is 67.4 Å². The Bertz CT molecular complexity index is 453. The molecule has 1 N–H and O–H groups in total. The summed E-state index contributed by atoms with van der Waals surface area (Å²) in [7, 11) is 7.13. The van der Waals surface area contributed by atoms with E-state index in [-0.39, 0.29) is 5.97 Å². The first-order valence-corrected chi connectivity index (χ1v) is 8.64. The Morgan fingerprint density at radius 3 is 2.67 bits per heavy atom. The van der Waals surface area contributed by atoms with Crippen molar-refractivity contribution in [3.8, 4) is 0 Å². The van der Waals surface area contributed by atoms with E-state index >= 15 is 0 Å². The van der Waals surface area contributed by atoms with Gasteiger partial charge in [-0.1, -0.05) is 29.5 Å². The molecule has 8 heteroatoms. The highest BCUT2D eigenvalue weighted by Crippen LogP contribution is 2.28. The maximum Gasteiger partial charge on any atom is 0.325 e. The fraction of sp³-hybridized carbons (Fsp3) is 0.769. The van der Waals surface area contributed by atoms with Gasteiger partial charge in [0.25, 0.3) is 0 Å². The molecule has 1 atom stereocenters. The Morgan fingerprint density at radius 1 is 1.43 bits per heavy atom. The highest BCUT2D eigenvalue weighted by Gasteiger charge is 2.31. The summed E-state index contributed by atoms with van der Waals surface area (Å²) in [6.45, 7) is 1.88. The minimum atomic E-state index is -0.597. The molecule has 120 valence electrons. The van der Waals surface area contributed by atoms with Gasteiger partial charge in [-0.05, 0) is 26.8 Å². The zero-order chi connectivity index (χ0) is 15.9. The molecule has 0 aliphatic carbocycles. The van der Waals surface area contributed by atoms with Gasteiger partial charge in [0.1, 0.15) is 5.54 Å². The van der Waals surface area contributed by atoms with E-state index in [9.17, 15) is 4.79 Å². The molecule has 0 radical (unpaired) electrons. The number of aromatic nitrogens is 2. The molecule has 1 rings (SSSR count). The van der Waals surface area contributed by atoms with E-state index in [1.54, 1.807) is 30.1 Å². The van der Waals surface area contributed by atoms with Gasteiger partial charge < -0.3 is 15.0 Å². The maximum absolute atomic E-state index is 11.7. The van der Waals surface area contributed by atoms with Crippen molar-refractivity contribution in [3.05, 3.63) is 0 Å². The van der Waals surface area contributed by atoms with Gasteiger partial charge >= 0.3 is 5.97 Å². The number of thioether (sulfide) groups is 1. The molecule has 0 aliphatic rings. The third-order valence-corrected chi connectivity index (χ3v) is 5.57. The summed E-state index contributed by atoms with van der Waals surface area (Å²) in [6.07, 6.45) is 2.74. The molecule has 21 heavy (non-hydrogen) atoms. The van der Waals surface area contributed by atoms with Gasteiger partial charge in [-0.3, -0.25) is 4.79 Å². The maximum atomic E-state index is 11.7. The number of esters is 1. The highest BCUT2D eigenvalue weighted by molar-refractivity contribution is 8.01. The molecular weight excluding hydrogens is 308 g/mol. The van der Waals surface area contributed by atoms with Gasteiger partial charge in [-0.15, -0.1) is 10.2 Å². The number of likely N-dealkylation sites (N-methyl/N-ethyl adjacent to an activating group) is 1. The van der Waals surface area contributed by atoms with Crippen molar-refractivity contribution >= 4 is 34.2 Å². The molecule has 1 aromatic heterocycles. The minimum Gasteiger partial charge on any atom is -0.468 e. The lowest BCUT2D eigenvalue weighted by molar-refractivity contribution is -0.148. The third-order valence-electron chi connectivity index (χ3n) is 3.26. The average molecular weight is 332 g/mol. The summed E-state index contributed by atoms with van der Waals surface area (Å²) < 4.78 is 5.82. The van der Waals surface area contributed by atoms with E-state index in [2.05, 4.69) is 15.5 Å². The monoisotopic (exact) mass is 332 g/mol. The van der Waals surface area contributed by atoms with Crippen molar-refractivity contribution in [2.75, 3.05) is 38.9 Å². The van der Waals surface area contributed by atoms with Crippen molar-refractivity contribution in [1.82, 2.24) is 15.5 Å². The van der Waals surface area contributed by atoms with Crippen LogP contribution in [0.5, 0.6) is 0 Å². The molecule has 0 bridgehead atoms. The molecule has 0 saturated carbocycles. The van der Waals surface area contributed by atoms with Crippen molar-refractivity contribution in [3.63, 3.8) is 0 Å². The van der Waals surface area contributed by atoms with Crippen LogP contribution in [0.25, 0.3) is 0 Å². The number of hydrogen-bond acceptors (Lipinski definition) is 8. The molecule has 1 aromatic rings. The molecule has 0 spiro atoms. The van der Waals surface area contributed by atoms with Crippen LogP contribution in [0.3, 0.4) is 0 Å². The van der Waals surface area contributed by atoms with Crippen LogP contribution >= 0.6 is 23.1 Å². The Morgan fingerprint density at radius 2 is 2.14 bits per heavy atom. The molecular formula is C13H24N4O2S2.